The van der Waals surface area contributed by atoms with Gasteiger partial charge in [0.1, 0.15) is 5.76 Å². The fraction of sp³-hybridized carbons (Fsp3) is 0.562. The first-order valence-corrected chi connectivity index (χ1v) is 7.60. The predicted octanol–water partition coefficient (Wildman–Crippen LogP) is 1.43. The van der Waals surface area contributed by atoms with Crippen LogP contribution in [0.3, 0.4) is 0 Å². The van der Waals surface area contributed by atoms with Crippen molar-refractivity contribution >= 4 is 11.8 Å². The molecule has 21 heavy (non-hydrogen) atoms. The molecule has 5 heteroatoms. The van der Waals surface area contributed by atoms with Crippen molar-refractivity contribution in [3.63, 3.8) is 0 Å². The van der Waals surface area contributed by atoms with Crippen LogP contribution in [0.4, 0.5) is 0 Å². The molecule has 0 radical (unpaired) electrons. The Hall–Kier alpha value is -1.91. The molecule has 110 valence electrons. The second-order valence-corrected chi connectivity index (χ2v) is 6.58. The van der Waals surface area contributed by atoms with E-state index in [-0.39, 0.29) is 12.2 Å². The second-order valence-electron chi connectivity index (χ2n) is 6.58. The number of hydrogen-bond donors (Lipinski definition) is 1. The van der Waals surface area contributed by atoms with Gasteiger partial charge in [-0.15, -0.1) is 0 Å². The van der Waals surface area contributed by atoms with Gasteiger partial charge in [-0.1, -0.05) is 6.42 Å². The van der Waals surface area contributed by atoms with Crippen LogP contribution in [0.25, 0.3) is 0 Å². The topological polar surface area (TPSA) is 76.4 Å². The summed E-state index contributed by atoms with van der Waals surface area (Å²) in [7, 11) is 0. The van der Waals surface area contributed by atoms with Gasteiger partial charge in [-0.3, -0.25) is 14.9 Å². The zero-order valence-electron chi connectivity index (χ0n) is 11.7. The molecule has 0 saturated heterocycles. The van der Waals surface area contributed by atoms with Gasteiger partial charge in [0.2, 0.25) is 5.91 Å². The minimum Gasteiger partial charge on any atom is -0.426 e. The van der Waals surface area contributed by atoms with Gasteiger partial charge < -0.3 is 4.42 Å². The van der Waals surface area contributed by atoms with E-state index in [2.05, 4.69) is 5.32 Å². The van der Waals surface area contributed by atoms with E-state index in [0.29, 0.717) is 11.5 Å². The Balaban J connectivity index is 1.70. The van der Waals surface area contributed by atoms with Crippen LogP contribution < -0.4 is 10.9 Å². The highest BCUT2D eigenvalue weighted by Crippen LogP contribution is 2.49. The SMILES string of the molecule is O=C1Cc2oc(=O)cc(CC3C[C@H]4CC[C@@H]3C4)c2C(=O)N1. The Morgan fingerprint density at radius 2 is 2.05 bits per heavy atom. The zero-order chi connectivity index (χ0) is 14.6. The first-order chi connectivity index (χ1) is 10.1. The van der Waals surface area contributed by atoms with Crippen molar-refractivity contribution in [2.75, 3.05) is 0 Å². The normalized spacial score (nSPS) is 30.4. The van der Waals surface area contributed by atoms with Gasteiger partial charge in [0.15, 0.2) is 0 Å². The Labute approximate surface area is 121 Å². The quantitative estimate of drug-likeness (QED) is 0.835. The standard InChI is InChI=1S/C16H17NO4/c18-13-7-12-15(16(20)17-13)11(6-14(19)21-12)5-10-4-8-1-2-9(10)3-8/h6,8-10H,1-5,7H2,(H,17,18,20)/t8-,9+,10?/m0/s1. The number of hydrogen-bond acceptors (Lipinski definition) is 4. The van der Waals surface area contributed by atoms with Gasteiger partial charge in [-0.2, -0.15) is 0 Å². The minimum atomic E-state index is -0.464. The van der Waals surface area contributed by atoms with E-state index in [1.807, 2.05) is 0 Å². The van der Waals surface area contributed by atoms with E-state index in [1.165, 1.54) is 31.7 Å². The van der Waals surface area contributed by atoms with Gasteiger partial charge in [0.05, 0.1) is 12.0 Å². The van der Waals surface area contributed by atoms with Crippen LogP contribution in [0, 0.1) is 17.8 Å². The maximum Gasteiger partial charge on any atom is 0.336 e. The summed E-state index contributed by atoms with van der Waals surface area (Å²) >= 11 is 0. The van der Waals surface area contributed by atoms with E-state index in [1.54, 1.807) is 0 Å². The van der Waals surface area contributed by atoms with Crippen molar-refractivity contribution in [1.82, 2.24) is 5.32 Å². The number of fused-ring (bicyclic) bond motifs is 3. The van der Waals surface area contributed by atoms with Crippen LogP contribution in [-0.2, 0) is 17.6 Å². The number of nitrogens with one attached hydrogen (secondary N) is 1. The smallest absolute Gasteiger partial charge is 0.336 e. The Morgan fingerprint density at radius 1 is 1.19 bits per heavy atom. The summed E-state index contributed by atoms with van der Waals surface area (Å²) in [6.07, 6.45) is 5.80. The van der Waals surface area contributed by atoms with Crippen molar-refractivity contribution in [2.24, 2.45) is 17.8 Å². The summed E-state index contributed by atoms with van der Waals surface area (Å²) in [5.74, 6) is 1.50. The first kappa shape index (κ1) is 12.8. The molecule has 1 unspecified atom stereocenters. The van der Waals surface area contributed by atoms with Gasteiger partial charge in [0.25, 0.3) is 5.91 Å². The fourth-order valence-corrected chi connectivity index (χ4v) is 4.44. The van der Waals surface area contributed by atoms with Crippen LogP contribution in [0.5, 0.6) is 0 Å². The summed E-state index contributed by atoms with van der Waals surface area (Å²) in [5.41, 5.74) is 0.704. The lowest BCUT2D eigenvalue weighted by Gasteiger charge is -2.23. The minimum absolute atomic E-state index is 0.0269. The lowest BCUT2D eigenvalue weighted by atomic mass is 9.83. The van der Waals surface area contributed by atoms with Crippen molar-refractivity contribution < 1.29 is 14.0 Å². The van der Waals surface area contributed by atoms with Gasteiger partial charge >= 0.3 is 5.63 Å². The maximum atomic E-state index is 12.1. The van der Waals surface area contributed by atoms with Crippen LogP contribution in [0.2, 0.25) is 0 Å². The fourth-order valence-electron chi connectivity index (χ4n) is 4.44. The molecule has 1 aromatic heterocycles. The van der Waals surface area contributed by atoms with Crippen molar-refractivity contribution in [1.29, 1.82) is 0 Å². The van der Waals surface area contributed by atoms with E-state index in [0.717, 1.165) is 23.8 Å². The van der Waals surface area contributed by atoms with Crippen LogP contribution >= 0.6 is 0 Å². The lowest BCUT2D eigenvalue weighted by Crippen LogP contribution is -2.39. The van der Waals surface area contributed by atoms with Gasteiger partial charge in [0, 0.05) is 6.07 Å². The third-order valence-electron chi connectivity index (χ3n) is 5.28. The van der Waals surface area contributed by atoms with Crippen molar-refractivity contribution in [3.8, 4) is 0 Å². The summed E-state index contributed by atoms with van der Waals surface area (Å²) in [5, 5.41) is 2.31. The van der Waals surface area contributed by atoms with Crippen LogP contribution in [0.15, 0.2) is 15.3 Å². The van der Waals surface area contributed by atoms with E-state index < -0.39 is 17.4 Å². The highest BCUT2D eigenvalue weighted by Gasteiger charge is 2.40. The number of carbonyl (C=O) groups is 2. The molecule has 2 heterocycles. The molecule has 3 aliphatic rings. The van der Waals surface area contributed by atoms with Crippen molar-refractivity contribution in [2.45, 2.75) is 38.5 Å². The largest absolute Gasteiger partial charge is 0.426 e. The molecule has 5 nitrogen and oxygen atoms in total. The summed E-state index contributed by atoms with van der Waals surface area (Å²) < 4.78 is 5.07. The number of rotatable bonds is 2. The highest BCUT2D eigenvalue weighted by atomic mass is 16.4. The second kappa shape index (κ2) is 4.55. The Bertz CT molecular complexity index is 690. The molecule has 2 bridgehead atoms. The monoisotopic (exact) mass is 287 g/mol. The number of carbonyl (C=O) groups excluding carboxylic acids is 2. The predicted molar refractivity (Wildman–Crippen MR) is 73.8 cm³/mol. The Morgan fingerprint density at radius 3 is 2.76 bits per heavy atom. The van der Waals surface area contributed by atoms with Crippen molar-refractivity contribution in [3.05, 3.63) is 33.4 Å². The van der Waals surface area contributed by atoms with Crippen LogP contribution in [-0.4, -0.2) is 11.8 Å². The molecule has 2 amide bonds. The highest BCUT2D eigenvalue weighted by molar-refractivity contribution is 6.09. The molecule has 2 saturated carbocycles. The summed E-state index contributed by atoms with van der Waals surface area (Å²) in [4.78, 5) is 35.2. The molecule has 1 aliphatic heterocycles. The summed E-state index contributed by atoms with van der Waals surface area (Å²) in [6.45, 7) is 0. The molecule has 2 fully saturated rings. The maximum absolute atomic E-state index is 12.1. The van der Waals surface area contributed by atoms with Crippen LogP contribution in [0.1, 0.15) is 47.4 Å². The molecule has 4 rings (SSSR count). The third-order valence-corrected chi connectivity index (χ3v) is 5.28. The molecule has 3 atom stereocenters. The average molecular weight is 287 g/mol. The average Bonchev–Trinajstić information content (AvgIpc) is 2.99. The Kier molecular flexibility index (Phi) is 2.77. The van der Waals surface area contributed by atoms with E-state index in [9.17, 15) is 14.4 Å². The van der Waals surface area contributed by atoms with Gasteiger partial charge in [-0.05, 0) is 49.0 Å². The molecular weight excluding hydrogens is 270 g/mol. The number of amides is 2. The molecule has 0 aromatic carbocycles. The zero-order valence-corrected chi connectivity index (χ0v) is 11.7. The molecular formula is C16H17NO4. The third kappa shape index (κ3) is 2.11. The van der Waals surface area contributed by atoms with E-state index >= 15 is 0 Å². The first-order valence-electron chi connectivity index (χ1n) is 7.60. The van der Waals surface area contributed by atoms with E-state index in [4.69, 9.17) is 4.42 Å². The molecule has 0 spiro atoms. The van der Waals surface area contributed by atoms with Gasteiger partial charge in [-0.25, -0.2) is 4.79 Å². The lowest BCUT2D eigenvalue weighted by molar-refractivity contribution is -0.120. The summed E-state index contributed by atoms with van der Waals surface area (Å²) in [6, 6.07) is 1.43. The molecule has 2 aliphatic carbocycles. The molecule has 1 N–H and O–H groups in total. The number of imide groups is 1. The molecule has 1 aromatic rings.